The van der Waals surface area contributed by atoms with Crippen LogP contribution in [0.5, 0.6) is 0 Å². The molecule has 88 valence electrons. The Morgan fingerprint density at radius 2 is 2.13 bits per heavy atom. The fraction of sp³-hybridized carbons (Fsp3) is 0.917. The number of aliphatic carboxylic acids is 1. The lowest BCUT2D eigenvalue weighted by Crippen LogP contribution is -2.37. The Morgan fingerprint density at radius 3 is 2.60 bits per heavy atom. The zero-order chi connectivity index (χ0) is 11.5. The molecule has 0 saturated heterocycles. The first-order valence-corrected chi connectivity index (χ1v) is 5.86. The van der Waals surface area contributed by atoms with Crippen LogP contribution in [0, 0.1) is 17.3 Å². The largest absolute Gasteiger partial charge is 0.481 e. The van der Waals surface area contributed by atoms with Crippen molar-refractivity contribution in [2.24, 2.45) is 17.3 Å². The normalized spacial score (nSPS) is 26.9. The Hall–Kier alpha value is -0.570. The molecular weight excluding hydrogens is 190 g/mol. The summed E-state index contributed by atoms with van der Waals surface area (Å²) in [5, 5.41) is 12.2. The van der Waals surface area contributed by atoms with Gasteiger partial charge in [-0.15, -0.1) is 0 Å². The van der Waals surface area contributed by atoms with Gasteiger partial charge in [-0.05, 0) is 45.1 Å². The Balaban J connectivity index is 2.19. The van der Waals surface area contributed by atoms with E-state index in [1.807, 2.05) is 0 Å². The minimum atomic E-state index is -0.727. The summed E-state index contributed by atoms with van der Waals surface area (Å²) in [5.74, 6) is 0.878. The highest BCUT2D eigenvalue weighted by atomic mass is 16.4. The first-order valence-electron chi connectivity index (χ1n) is 5.86. The summed E-state index contributed by atoms with van der Waals surface area (Å²) >= 11 is 0. The summed E-state index contributed by atoms with van der Waals surface area (Å²) in [7, 11) is 0. The average Bonchev–Trinajstić information content (AvgIpc) is 2.51. The van der Waals surface area contributed by atoms with Crippen LogP contribution in [0.2, 0.25) is 0 Å². The Bertz CT molecular complexity index is 226. The van der Waals surface area contributed by atoms with Crippen molar-refractivity contribution in [2.45, 2.75) is 40.0 Å². The van der Waals surface area contributed by atoms with Gasteiger partial charge in [-0.1, -0.05) is 13.3 Å². The SMILES string of the molecule is CC1CCC(CNCC(C)(C)C(=O)O)C1. The minimum Gasteiger partial charge on any atom is -0.481 e. The summed E-state index contributed by atoms with van der Waals surface area (Å²) in [6, 6.07) is 0. The van der Waals surface area contributed by atoms with Gasteiger partial charge in [0.1, 0.15) is 0 Å². The maximum absolute atomic E-state index is 10.9. The second-order valence-electron chi connectivity index (χ2n) is 5.60. The van der Waals surface area contributed by atoms with E-state index in [1.165, 1.54) is 19.3 Å². The van der Waals surface area contributed by atoms with E-state index in [0.29, 0.717) is 6.54 Å². The van der Waals surface area contributed by atoms with Crippen molar-refractivity contribution >= 4 is 5.97 Å². The number of hydrogen-bond acceptors (Lipinski definition) is 2. The van der Waals surface area contributed by atoms with Crippen LogP contribution >= 0.6 is 0 Å². The molecule has 0 bridgehead atoms. The number of nitrogens with one attached hydrogen (secondary N) is 1. The van der Waals surface area contributed by atoms with Crippen LogP contribution in [-0.4, -0.2) is 24.2 Å². The van der Waals surface area contributed by atoms with Crippen molar-refractivity contribution in [1.82, 2.24) is 5.32 Å². The van der Waals surface area contributed by atoms with Gasteiger partial charge in [0.05, 0.1) is 5.41 Å². The highest BCUT2D eigenvalue weighted by molar-refractivity contribution is 5.73. The maximum atomic E-state index is 10.9. The number of carboxylic acid groups (broad SMARTS) is 1. The van der Waals surface area contributed by atoms with Crippen LogP contribution in [0.3, 0.4) is 0 Å². The third-order valence-corrected chi connectivity index (χ3v) is 3.38. The van der Waals surface area contributed by atoms with E-state index in [1.54, 1.807) is 13.8 Å². The topological polar surface area (TPSA) is 49.3 Å². The van der Waals surface area contributed by atoms with Gasteiger partial charge in [-0.3, -0.25) is 4.79 Å². The first-order chi connectivity index (χ1) is 6.92. The molecule has 3 nitrogen and oxygen atoms in total. The molecule has 1 saturated carbocycles. The first kappa shape index (κ1) is 12.5. The molecule has 0 heterocycles. The van der Waals surface area contributed by atoms with Crippen molar-refractivity contribution in [3.63, 3.8) is 0 Å². The zero-order valence-electron chi connectivity index (χ0n) is 10.0. The van der Waals surface area contributed by atoms with Gasteiger partial charge in [0.25, 0.3) is 0 Å². The highest BCUT2D eigenvalue weighted by Gasteiger charge is 2.27. The molecule has 2 atom stereocenters. The molecule has 0 amide bonds. The smallest absolute Gasteiger partial charge is 0.310 e. The molecule has 3 heteroatoms. The molecule has 0 radical (unpaired) electrons. The van der Waals surface area contributed by atoms with Crippen LogP contribution in [0.15, 0.2) is 0 Å². The molecule has 15 heavy (non-hydrogen) atoms. The van der Waals surface area contributed by atoms with Crippen molar-refractivity contribution in [3.05, 3.63) is 0 Å². The van der Waals surface area contributed by atoms with E-state index in [9.17, 15) is 4.79 Å². The maximum Gasteiger partial charge on any atom is 0.310 e. The number of rotatable bonds is 5. The fourth-order valence-corrected chi connectivity index (χ4v) is 2.17. The molecule has 2 unspecified atom stereocenters. The van der Waals surface area contributed by atoms with E-state index in [2.05, 4.69) is 12.2 Å². The van der Waals surface area contributed by atoms with Crippen molar-refractivity contribution in [2.75, 3.05) is 13.1 Å². The lowest BCUT2D eigenvalue weighted by molar-refractivity contribution is -0.146. The predicted octanol–water partition coefficient (Wildman–Crippen LogP) is 2.12. The van der Waals surface area contributed by atoms with Crippen molar-refractivity contribution in [1.29, 1.82) is 0 Å². The van der Waals surface area contributed by atoms with Gasteiger partial charge in [-0.25, -0.2) is 0 Å². The Labute approximate surface area is 92.3 Å². The molecule has 0 aliphatic heterocycles. The summed E-state index contributed by atoms with van der Waals surface area (Å²) in [5.41, 5.74) is -0.649. The van der Waals surface area contributed by atoms with Gasteiger partial charge >= 0.3 is 5.97 Å². The van der Waals surface area contributed by atoms with Crippen molar-refractivity contribution in [3.8, 4) is 0 Å². The molecule has 1 aliphatic carbocycles. The Kier molecular flexibility index (Phi) is 4.14. The summed E-state index contributed by atoms with van der Waals surface area (Å²) in [4.78, 5) is 10.9. The zero-order valence-corrected chi connectivity index (χ0v) is 10.0. The third kappa shape index (κ3) is 3.82. The van der Waals surface area contributed by atoms with Crippen molar-refractivity contribution < 1.29 is 9.90 Å². The monoisotopic (exact) mass is 213 g/mol. The van der Waals surface area contributed by atoms with Gasteiger partial charge < -0.3 is 10.4 Å². The third-order valence-electron chi connectivity index (χ3n) is 3.38. The molecule has 0 spiro atoms. The van der Waals surface area contributed by atoms with Crippen LogP contribution in [0.4, 0.5) is 0 Å². The van der Waals surface area contributed by atoms with Gasteiger partial charge in [-0.2, -0.15) is 0 Å². The molecule has 2 N–H and O–H groups in total. The van der Waals surface area contributed by atoms with Crippen LogP contribution < -0.4 is 5.32 Å². The minimum absolute atomic E-state index is 0.563. The van der Waals surface area contributed by atoms with E-state index < -0.39 is 11.4 Å². The lowest BCUT2D eigenvalue weighted by atomic mass is 9.93. The standard InChI is InChI=1S/C12H23NO2/c1-9-4-5-10(6-9)7-13-8-12(2,3)11(14)15/h9-10,13H,4-8H2,1-3H3,(H,14,15). The average molecular weight is 213 g/mol. The van der Waals surface area contributed by atoms with E-state index in [-0.39, 0.29) is 0 Å². The van der Waals surface area contributed by atoms with Crippen LogP contribution in [0.25, 0.3) is 0 Å². The summed E-state index contributed by atoms with van der Waals surface area (Å²) in [6.07, 6.45) is 3.91. The molecule has 0 aromatic carbocycles. The number of carboxylic acids is 1. The van der Waals surface area contributed by atoms with Gasteiger partial charge in [0.15, 0.2) is 0 Å². The summed E-state index contributed by atoms with van der Waals surface area (Å²) in [6.45, 7) is 7.36. The molecule has 0 aromatic heterocycles. The fourth-order valence-electron chi connectivity index (χ4n) is 2.17. The molecular formula is C12H23NO2. The van der Waals surface area contributed by atoms with Crippen LogP contribution in [0.1, 0.15) is 40.0 Å². The van der Waals surface area contributed by atoms with Crippen LogP contribution in [-0.2, 0) is 4.79 Å². The van der Waals surface area contributed by atoms with E-state index in [0.717, 1.165) is 18.4 Å². The summed E-state index contributed by atoms with van der Waals surface area (Å²) < 4.78 is 0. The Morgan fingerprint density at radius 1 is 1.47 bits per heavy atom. The predicted molar refractivity (Wildman–Crippen MR) is 60.8 cm³/mol. The number of carbonyl (C=O) groups is 1. The number of hydrogen-bond donors (Lipinski definition) is 2. The second kappa shape index (κ2) is 4.97. The molecule has 1 rings (SSSR count). The van der Waals surface area contributed by atoms with E-state index >= 15 is 0 Å². The molecule has 0 aromatic rings. The molecule has 1 fully saturated rings. The van der Waals surface area contributed by atoms with E-state index in [4.69, 9.17) is 5.11 Å². The highest BCUT2D eigenvalue weighted by Crippen LogP contribution is 2.29. The quantitative estimate of drug-likeness (QED) is 0.735. The van der Waals surface area contributed by atoms with Gasteiger partial charge in [0, 0.05) is 6.54 Å². The lowest BCUT2D eigenvalue weighted by Gasteiger charge is -2.21. The molecule has 1 aliphatic rings. The van der Waals surface area contributed by atoms with Gasteiger partial charge in [0.2, 0.25) is 0 Å². The second-order valence-corrected chi connectivity index (χ2v) is 5.60.